The van der Waals surface area contributed by atoms with Gasteiger partial charge in [-0.1, -0.05) is 23.8 Å². The molecule has 0 bridgehead atoms. The molecular weight excluding hydrogens is 450 g/mol. The molecule has 0 aliphatic carbocycles. The number of carbonyl (C=O) groups excluding carboxylic acids is 2. The second-order valence-corrected chi connectivity index (χ2v) is 11.5. The van der Waals surface area contributed by atoms with E-state index in [0.717, 1.165) is 5.03 Å². The maximum Gasteiger partial charge on any atom is 0.410 e. The first kappa shape index (κ1) is 26.3. The highest BCUT2D eigenvalue weighted by Crippen LogP contribution is 2.34. The van der Waals surface area contributed by atoms with Gasteiger partial charge in [-0.3, -0.25) is 9.59 Å². The molecule has 32 heavy (non-hydrogen) atoms. The van der Waals surface area contributed by atoms with Gasteiger partial charge in [-0.2, -0.15) is 0 Å². The van der Waals surface area contributed by atoms with Gasteiger partial charge in [-0.25, -0.2) is 9.78 Å². The maximum atomic E-state index is 13.4. The van der Waals surface area contributed by atoms with E-state index in [1.807, 2.05) is 52.8 Å². The first-order valence-corrected chi connectivity index (χ1v) is 13.0. The molecule has 4 unspecified atom stereocenters. The number of hydrogen-bond acceptors (Lipinski definition) is 7. The summed E-state index contributed by atoms with van der Waals surface area (Å²) in [6.07, 6.45) is 1.29. The van der Waals surface area contributed by atoms with Gasteiger partial charge in [0.1, 0.15) is 10.6 Å². The Morgan fingerprint density at radius 2 is 1.81 bits per heavy atom. The van der Waals surface area contributed by atoms with E-state index in [1.165, 1.54) is 21.6 Å². The lowest BCUT2D eigenvalue weighted by atomic mass is 9.93. The Morgan fingerprint density at radius 1 is 1.19 bits per heavy atom. The van der Waals surface area contributed by atoms with Crippen molar-refractivity contribution in [1.29, 1.82) is 0 Å². The van der Waals surface area contributed by atoms with Crippen molar-refractivity contribution in [3.8, 4) is 0 Å². The second kappa shape index (κ2) is 11.3. The van der Waals surface area contributed by atoms with Crippen molar-refractivity contribution in [2.45, 2.75) is 64.3 Å². The maximum absolute atomic E-state index is 13.4. The van der Waals surface area contributed by atoms with Crippen molar-refractivity contribution < 1.29 is 24.2 Å². The highest BCUT2D eigenvalue weighted by molar-refractivity contribution is 8.76. The fourth-order valence-electron chi connectivity index (χ4n) is 3.39. The number of piperazine rings is 1. The molecule has 178 valence electrons. The molecule has 1 fully saturated rings. The van der Waals surface area contributed by atoms with Gasteiger partial charge in [-0.15, -0.1) is 0 Å². The Hall–Kier alpha value is -1.94. The third-order valence-corrected chi connectivity index (χ3v) is 7.54. The lowest BCUT2D eigenvalue weighted by molar-refractivity contribution is -0.151. The molecule has 2 rings (SSSR count). The lowest BCUT2D eigenvalue weighted by Crippen LogP contribution is -2.61. The number of rotatable bonds is 7. The van der Waals surface area contributed by atoms with Crippen molar-refractivity contribution in [2.24, 2.45) is 11.8 Å². The summed E-state index contributed by atoms with van der Waals surface area (Å²) in [7, 11) is 2.85. The molecule has 0 spiro atoms. The molecule has 8 nitrogen and oxygen atoms in total. The number of aliphatic carboxylic acids is 1. The van der Waals surface area contributed by atoms with Gasteiger partial charge in [0.05, 0.1) is 11.8 Å². The first-order valence-electron chi connectivity index (χ1n) is 10.6. The van der Waals surface area contributed by atoms with E-state index in [4.69, 9.17) is 4.74 Å². The number of hydrogen-bond donors (Lipinski definition) is 1. The van der Waals surface area contributed by atoms with Crippen LogP contribution in [0.4, 0.5) is 4.79 Å². The Labute approximate surface area is 197 Å². The number of carboxylic acid groups (broad SMARTS) is 1. The quantitative estimate of drug-likeness (QED) is 0.581. The van der Waals surface area contributed by atoms with Crippen molar-refractivity contribution in [1.82, 2.24) is 14.8 Å². The number of amides is 2. The van der Waals surface area contributed by atoms with Gasteiger partial charge in [0, 0.05) is 37.1 Å². The normalized spacial score (nSPS) is 21.1. The monoisotopic (exact) mass is 483 g/mol. The molecule has 0 saturated carbocycles. The zero-order valence-electron chi connectivity index (χ0n) is 19.5. The molecule has 1 aliphatic rings. The predicted octanol–water partition coefficient (Wildman–Crippen LogP) is 4.02. The van der Waals surface area contributed by atoms with Gasteiger partial charge in [0.25, 0.3) is 0 Å². The minimum atomic E-state index is -1.00. The number of carboxylic acids is 1. The first-order chi connectivity index (χ1) is 14.9. The SMILES string of the molecule is CC(C(=O)O)C(CSSc1ccccn1)C(=O)N1CC(C)N(C(=O)OC(C)(C)C)CC1C. The van der Waals surface area contributed by atoms with E-state index >= 15 is 0 Å². The third kappa shape index (κ3) is 7.30. The topological polar surface area (TPSA) is 100 Å². The average Bonchev–Trinajstić information content (AvgIpc) is 2.71. The highest BCUT2D eigenvalue weighted by Gasteiger charge is 2.40. The number of ether oxygens (including phenoxy) is 1. The van der Waals surface area contributed by atoms with Crippen LogP contribution in [0.3, 0.4) is 0 Å². The molecule has 0 radical (unpaired) electrons. The summed E-state index contributed by atoms with van der Waals surface area (Å²) >= 11 is 0. The van der Waals surface area contributed by atoms with E-state index in [1.54, 1.807) is 22.9 Å². The Balaban J connectivity index is 2.08. The zero-order valence-corrected chi connectivity index (χ0v) is 21.1. The lowest BCUT2D eigenvalue weighted by Gasteiger charge is -2.45. The van der Waals surface area contributed by atoms with Crippen LogP contribution in [0.15, 0.2) is 29.4 Å². The molecule has 1 aliphatic heterocycles. The van der Waals surface area contributed by atoms with E-state index in [0.29, 0.717) is 18.8 Å². The summed E-state index contributed by atoms with van der Waals surface area (Å²) in [6, 6.07) is 5.09. The Morgan fingerprint density at radius 3 is 2.38 bits per heavy atom. The van der Waals surface area contributed by atoms with E-state index in [2.05, 4.69) is 4.98 Å². The minimum Gasteiger partial charge on any atom is -0.481 e. The summed E-state index contributed by atoms with van der Waals surface area (Å²) < 4.78 is 5.50. The van der Waals surface area contributed by atoms with E-state index in [-0.39, 0.29) is 18.0 Å². The molecule has 10 heteroatoms. The predicted molar refractivity (Wildman–Crippen MR) is 126 cm³/mol. The number of aromatic nitrogens is 1. The molecule has 2 heterocycles. The smallest absolute Gasteiger partial charge is 0.410 e. The molecule has 2 amide bonds. The van der Waals surface area contributed by atoms with Gasteiger partial charge in [0.15, 0.2) is 0 Å². The standard InChI is InChI=1S/C22H33N3O5S2/c1-14-12-25(21(29)30-22(4,5)6)15(2)11-24(14)19(26)17(16(3)20(27)28)13-31-32-18-9-7-8-10-23-18/h7-10,14-17H,11-13H2,1-6H3,(H,27,28). The number of nitrogens with zero attached hydrogens (tertiary/aromatic N) is 3. The summed E-state index contributed by atoms with van der Waals surface area (Å²) in [5.41, 5.74) is -0.600. The molecule has 1 aromatic heterocycles. The number of carbonyl (C=O) groups is 3. The largest absolute Gasteiger partial charge is 0.481 e. The summed E-state index contributed by atoms with van der Waals surface area (Å²) in [5, 5.41) is 10.4. The van der Waals surface area contributed by atoms with Gasteiger partial charge < -0.3 is 19.6 Å². The molecule has 0 aromatic carbocycles. The van der Waals surface area contributed by atoms with Crippen LogP contribution in [0, 0.1) is 11.8 Å². The zero-order chi connectivity index (χ0) is 24.1. The minimum absolute atomic E-state index is 0.197. The van der Waals surface area contributed by atoms with Crippen LogP contribution in [0.25, 0.3) is 0 Å². The summed E-state index contributed by atoms with van der Waals surface area (Å²) in [4.78, 5) is 45.3. The second-order valence-electron chi connectivity index (χ2n) is 9.09. The van der Waals surface area contributed by atoms with Gasteiger partial charge in [0.2, 0.25) is 5.91 Å². The van der Waals surface area contributed by atoms with Crippen molar-refractivity contribution in [3.05, 3.63) is 24.4 Å². The van der Waals surface area contributed by atoms with E-state index < -0.39 is 29.5 Å². The molecular formula is C22H33N3O5S2. The van der Waals surface area contributed by atoms with Crippen LogP contribution in [0.2, 0.25) is 0 Å². The fourth-order valence-corrected chi connectivity index (χ4v) is 5.69. The van der Waals surface area contributed by atoms with Gasteiger partial charge in [-0.05, 0) is 57.5 Å². The van der Waals surface area contributed by atoms with Crippen LogP contribution in [-0.4, -0.2) is 74.4 Å². The fraction of sp³-hybridized carbons (Fsp3) is 0.636. The highest BCUT2D eigenvalue weighted by atomic mass is 33.1. The molecule has 1 aromatic rings. The van der Waals surface area contributed by atoms with Gasteiger partial charge >= 0.3 is 12.1 Å². The van der Waals surface area contributed by atoms with Crippen molar-refractivity contribution in [2.75, 3.05) is 18.8 Å². The number of pyridine rings is 1. The molecule has 1 saturated heterocycles. The van der Waals surface area contributed by atoms with Crippen LogP contribution in [0.5, 0.6) is 0 Å². The Kier molecular flexibility index (Phi) is 9.27. The molecule has 4 atom stereocenters. The van der Waals surface area contributed by atoms with Crippen LogP contribution in [-0.2, 0) is 14.3 Å². The van der Waals surface area contributed by atoms with Crippen LogP contribution < -0.4 is 0 Å². The van der Waals surface area contributed by atoms with Crippen molar-refractivity contribution >= 4 is 39.6 Å². The summed E-state index contributed by atoms with van der Waals surface area (Å²) in [6.45, 7) is 11.4. The van der Waals surface area contributed by atoms with Crippen LogP contribution >= 0.6 is 21.6 Å². The molecule has 1 N–H and O–H groups in total. The van der Waals surface area contributed by atoms with Crippen LogP contribution in [0.1, 0.15) is 41.5 Å². The summed E-state index contributed by atoms with van der Waals surface area (Å²) in [5.74, 6) is -2.36. The Bertz CT molecular complexity index is 803. The van der Waals surface area contributed by atoms with E-state index in [9.17, 15) is 19.5 Å². The third-order valence-electron chi connectivity index (χ3n) is 5.24. The van der Waals surface area contributed by atoms with Crippen molar-refractivity contribution in [3.63, 3.8) is 0 Å². The average molecular weight is 484 g/mol.